The molecule has 3 aliphatic heterocycles. The van der Waals surface area contributed by atoms with Crippen molar-refractivity contribution in [3.8, 4) is 0 Å². The van der Waals surface area contributed by atoms with Crippen LogP contribution in [0, 0.1) is 0 Å². The summed E-state index contributed by atoms with van der Waals surface area (Å²) in [6, 6.07) is 9.53. The summed E-state index contributed by atoms with van der Waals surface area (Å²) in [6.07, 6.45) is 2.44. The van der Waals surface area contributed by atoms with Crippen LogP contribution in [0.3, 0.4) is 0 Å². The standard InChI is InChI=1S/C22H25N3O3S/c1-3-28-21(27)19-15(2)23-22-25(20(19)16-9-5-4-6-10-16)17(14-29-22)13-18(26)24-11-7-8-12-24/h4-6,9-10,14,20H,3,7-8,11-13H2,1-2H3/t20-/m1/s1. The second-order valence-electron chi connectivity index (χ2n) is 7.29. The molecule has 1 amide bonds. The molecule has 0 radical (unpaired) electrons. The van der Waals surface area contributed by atoms with Crippen LogP contribution in [-0.2, 0) is 14.3 Å². The highest BCUT2D eigenvalue weighted by Crippen LogP contribution is 2.44. The number of nitrogens with zero attached hydrogens (tertiary/aromatic N) is 3. The molecule has 0 aromatic heterocycles. The molecule has 0 unspecified atom stereocenters. The molecule has 0 N–H and O–H groups in total. The van der Waals surface area contributed by atoms with Crippen molar-refractivity contribution in [3.63, 3.8) is 0 Å². The predicted octanol–water partition coefficient (Wildman–Crippen LogP) is 3.84. The number of amidine groups is 1. The first-order chi connectivity index (χ1) is 14.1. The molecule has 1 aromatic rings. The number of hydrogen-bond acceptors (Lipinski definition) is 6. The van der Waals surface area contributed by atoms with Gasteiger partial charge in [-0.1, -0.05) is 42.1 Å². The molecule has 0 spiro atoms. The maximum absolute atomic E-state index is 12.8. The van der Waals surface area contributed by atoms with E-state index in [-0.39, 0.29) is 17.9 Å². The van der Waals surface area contributed by atoms with E-state index in [9.17, 15) is 9.59 Å². The van der Waals surface area contributed by atoms with E-state index >= 15 is 0 Å². The van der Waals surface area contributed by atoms with E-state index in [1.54, 1.807) is 6.92 Å². The monoisotopic (exact) mass is 411 g/mol. The Hall–Kier alpha value is -2.54. The Labute approximate surface area is 175 Å². The molecular formula is C22H25N3O3S. The van der Waals surface area contributed by atoms with Crippen LogP contribution in [-0.4, -0.2) is 46.5 Å². The SMILES string of the molecule is CCOC(=O)C1=C(C)N=C2SC=C(CC(=O)N3CCCC3)N2[C@@H]1c1ccccc1. The summed E-state index contributed by atoms with van der Waals surface area (Å²) in [7, 11) is 0. The Bertz CT molecular complexity index is 901. The molecule has 0 aliphatic carbocycles. The molecule has 152 valence electrons. The smallest absolute Gasteiger partial charge is 0.338 e. The summed E-state index contributed by atoms with van der Waals surface area (Å²) in [6.45, 7) is 5.61. The topological polar surface area (TPSA) is 62.2 Å². The molecule has 0 bridgehead atoms. The lowest BCUT2D eigenvalue weighted by Crippen LogP contribution is -2.38. The fourth-order valence-electron chi connectivity index (χ4n) is 4.02. The summed E-state index contributed by atoms with van der Waals surface area (Å²) in [5.74, 6) is -0.227. The molecule has 0 saturated carbocycles. The van der Waals surface area contributed by atoms with Crippen LogP contribution < -0.4 is 0 Å². The van der Waals surface area contributed by atoms with Gasteiger partial charge in [0.1, 0.15) is 0 Å². The van der Waals surface area contributed by atoms with E-state index in [1.807, 2.05) is 52.5 Å². The van der Waals surface area contributed by atoms with Gasteiger partial charge in [0.2, 0.25) is 5.91 Å². The van der Waals surface area contributed by atoms with Crippen LogP contribution in [0.15, 0.2) is 57.7 Å². The van der Waals surface area contributed by atoms with E-state index in [0.717, 1.165) is 42.4 Å². The quantitative estimate of drug-likeness (QED) is 0.689. The summed E-state index contributed by atoms with van der Waals surface area (Å²) in [5.41, 5.74) is 3.05. The van der Waals surface area contributed by atoms with Gasteiger partial charge in [0.15, 0.2) is 5.17 Å². The highest BCUT2D eigenvalue weighted by Gasteiger charge is 2.41. The minimum Gasteiger partial charge on any atom is -0.463 e. The summed E-state index contributed by atoms with van der Waals surface area (Å²) in [4.78, 5) is 34.3. The van der Waals surface area contributed by atoms with Crippen molar-refractivity contribution in [1.82, 2.24) is 9.80 Å². The van der Waals surface area contributed by atoms with Crippen molar-refractivity contribution in [2.75, 3.05) is 19.7 Å². The van der Waals surface area contributed by atoms with Crippen LogP contribution in [0.1, 0.15) is 44.7 Å². The van der Waals surface area contributed by atoms with Gasteiger partial charge in [-0.15, -0.1) is 0 Å². The lowest BCUT2D eigenvalue weighted by molar-refractivity contribution is -0.139. The number of hydrogen-bond donors (Lipinski definition) is 0. The van der Waals surface area contributed by atoms with Gasteiger partial charge in [-0.05, 0) is 37.7 Å². The van der Waals surface area contributed by atoms with Crippen molar-refractivity contribution in [2.45, 2.75) is 39.2 Å². The minimum absolute atomic E-state index is 0.131. The number of benzene rings is 1. The van der Waals surface area contributed by atoms with Gasteiger partial charge in [-0.2, -0.15) is 0 Å². The number of ether oxygens (including phenoxy) is 1. The summed E-state index contributed by atoms with van der Waals surface area (Å²) >= 11 is 1.51. The number of rotatable bonds is 5. The first-order valence-corrected chi connectivity index (χ1v) is 10.9. The average Bonchev–Trinajstić information content (AvgIpc) is 3.38. The largest absolute Gasteiger partial charge is 0.463 e. The highest BCUT2D eigenvalue weighted by molar-refractivity contribution is 8.16. The van der Waals surface area contributed by atoms with Crippen LogP contribution in [0.5, 0.6) is 0 Å². The molecule has 3 heterocycles. The summed E-state index contributed by atoms with van der Waals surface area (Å²) in [5, 5.41) is 2.79. The van der Waals surface area contributed by atoms with Crippen LogP contribution in [0.4, 0.5) is 0 Å². The molecule has 7 heteroatoms. The van der Waals surface area contributed by atoms with Gasteiger partial charge in [-0.25, -0.2) is 9.79 Å². The van der Waals surface area contributed by atoms with E-state index in [2.05, 4.69) is 4.99 Å². The lowest BCUT2D eigenvalue weighted by Gasteiger charge is -2.36. The second kappa shape index (κ2) is 8.45. The fourth-order valence-corrected chi connectivity index (χ4v) is 4.99. The first-order valence-electron chi connectivity index (χ1n) is 10.0. The van der Waals surface area contributed by atoms with Crippen molar-refractivity contribution < 1.29 is 14.3 Å². The Morgan fingerprint density at radius 2 is 1.93 bits per heavy atom. The van der Waals surface area contributed by atoms with Crippen LogP contribution in [0.25, 0.3) is 0 Å². The normalized spacial score (nSPS) is 21.1. The molecule has 1 fully saturated rings. The number of esters is 1. The lowest BCUT2D eigenvalue weighted by atomic mass is 9.94. The van der Waals surface area contributed by atoms with Crippen LogP contribution in [0.2, 0.25) is 0 Å². The van der Waals surface area contributed by atoms with Gasteiger partial charge in [0.25, 0.3) is 0 Å². The first kappa shape index (κ1) is 19.8. The van der Waals surface area contributed by atoms with Crippen molar-refractivity contribution >= 4 is 28.8 Å². The van der Waals surface area contributed by atoms with Gasteiger partial charge < -0.3 is 14.5 Å². The number of carbonyl (C=O) groups is 2. The Morgan fingerprint density at radius 3 is 2.62 bits per heavy atom. The third-order valence-corrected chi connectivity index (χ3v) is 6.29. The third-order valence-electron chi connectivity index (χ3n) is 5.40. The van der Waals surface area contributed by atoms with E-state index in [4.69, 9.17) is 4.74 Å². The molecule has 6 nitrogen and oxygen atoms in total. The zero-order valence-electron chi connectivity index (χ0n) is 16.8. The molecule has 1 atom stereocenters. The van der Waals surface area contributed by atoms with Gasteiger partial charge in [0.05, 0.1) is 30.3 Å². The minimum atomic E-state index is -0.358. The molecule has 1 aromatic carbocycles. The van der Waals surface area contributed by atoms with Crippen LogP contribution >= 0.6 is 11.8 Å². The Morgan fingerprint density at radius 1 is 1.21 bits per heavy atom. The third kappa shape index (κ3) is 3.83. The average molecular weight is 412 g/mol. The molecule has 3 aliphatic rings. The maximum atomic E-state index is 12.8. The fraction of sp³-hybridized carbons (Fsp3) is 0.409. The van der Waals surface area contributed by atoms with Crippen molar-refractivity contribution in [3.05, 3.63) is 58.3 Å². The number of aliphatic imine (C=N–C) groups is 1. The zero-order valence-corrected chi connectivity index (χ0v) is 17.6. The number of likely N-dealkylation sites (tertiary alicyclic amines) is 1. The number of fused-ring (bicyclic) bond motifs is 1. The number of allylic oxidation sites excluding steroid dienone is 1. The Kier molecular flexibility index (Phi) is 5.76. The maximum Gasteiger partial charge on any atom is 0.338 e. The molecule has 4 rings (SSSR count). The van der Waals surface area contributed by atoms with Crippen molar-refractivity contribution in [1.29, 1.82) is 0 Å². The number of thioether (sulfide) groups is 1. The van der Waals surface area contributed by atoms with Crippen molar-refractivity contribution in [2.24, 2.45) is 4.99 Å². The second-order valence-corrected chi connectivity index (χ2v) is 8.13. The highest BCUT2D eigenvalue weighted by atomic mass is 32.2. The van der Waals surface area contributed by atoms with E-state index in [1.165, 1.54) is 11.8 Å². The zero-order chi connectivity index (χ0) is 20.4. The summed E-state index contributed by atoms with van der Waals surface area (Å²) < 4.78 is 5.36. The molecular weight excluding hydrogens is 386 g/mol. The molecule has 1 saturated heterocycles. The van der Waals surface area contributed by atoms with E-state index < -0.39 is 0 Å². The van der Waals surface area contributed by atoms with Gasteiger partial charge >= 0.3 is 5.97 Å². The number of amides is 1. The molecule has 29 heavy (non-hydrogen) atoms. The van der Waals surface area contributed by atoms with Gasteiger partial charge in [0, 0.05) is 18.8 Å². The number of carbonyl (C=O) groups excluding carboxylic acids is 2. The van der Waals surface area contributed by atoms with Gasteiger partial charge in [-0.3, -0.25) is 4.79 Å². The Balaban J connectivity index is 1.70. The van der Waals surface area contributed by atoms with E-state index in [0.29, 0.717) is 24.3 Å². The predicted molar refractivity (Wildman–Crippen MR) is 114 cm³/mol.